The van der Waals surface area contributed by atoms with Crippen LogP contribution in [0, 0.1) is 0 Å². The number of carbonyl (C=O) groups excluding carboxylic acids is 2. The van der Waals surface area contributed by atoms with Gasteiger partial charge in [-0.2, -0.15) is 0 Å². The highest BCUT2D eigenvalue weighted by molar-refractivity contribution is 5.97. The molecule has 29 heavy (non-hydrogen) atoms. The van der Waals surface area contributed by atoms with Crippen molar-refractivity contribution in [2.75, 3.05) is 7.05 Å². The van der Waals surface area contributed by atoms with Gasteiger partial charge in [0.2, 0.25) is 0 Å². The first-order chi connectivity index (χ1) is 14.1. The van der Waals surface area contributed by atoms with Crippen LogP contribution in [0.3, 0.4) is 0 Å². The van der Waals surface area contributed by atoms with E-state index in [0.717, 1.165) is 49.9 Å². The number of hydrogen-bond acceptors (Lipinski definition) is 3. The van der Waals surface area contributed by atoms with E-state index < -0.39 is 0 Å². The summed E-state index contributed by atoms with van der Waals surface area (Å²) in [5.74, 6) is 0.146. The molecule has 0 atom stereocenters. The molecule has 2 amide bonds. The first kappa shape index (κ1) is 19.7. The average Bonchev–Trinajstić information content (AvgIpc) is 3.14. The van der Waals surface area contributed by atoms with Crippen LogP contribution in [-0.4, -0.2) is 39.4 Å². The summed E-state index contributed by atoms with van der Waals surface area (Å²) in [7, 11) is 1.79. The van der Waals surface area contributed by atoms with Gasteiger partial charge in [-0.15, -0.1) is 0 Å². The number of nitrogens with zero attached hydrogens (tertiary/aromatic N) is 3. The molecule has 1 saturated carbocycles. The lowest BCUT2D eigenvalue weighted by atomic mass is 9.95. The fourth-order valence-corrected chi connectivity index (χ4v) is 4.49. The summed E-state index contributed by atoms with van der Waals surface area (Å²) in [5, 5.41) is 3.17. The topological polar surface area (TPSA) is 67.2 Å². The maximum atomic E-state index is 13.2. The Morgan fingerprint density at radius 3 is 2.62 bits per heavy atom. The molecular formula is C23H30N4O2. The average molecular weight is 395 g/mol. The maximum absolute atomic E-state index is 13.2. The van der Waals surface area contributed by atoms with Gasteiger partial charge in [0.15, 0.2) is 5.82 Å². The number of nitrogens with one attached hydrogen (secondary N) is 1. The highest BCUT2D eigenvalue weighted by Gasteiger charge is 2.30. The van der Waals surface area contributed by atoms with Gasteiger partial charge >= 0.3 is 0 Å². The Bertz CT molecular complexity index is 869. The van der Waals surface area contributed by atoms with Crippen molar-refractivity contribution in [3.05, 3.63) is 53.1 Å². The van der Waals surface area contributed by atoms with Gasteiger partial charge in [0.25, 0.3) is 11.8 Å². The van der Waals surface area contributed by atoms with Crippen LogP contribution in [0.25, 0.3) is 0 Å². The number of carbonyl (C=O) groups is 2. The molecule has 1 aliphatic heterocycles. The fourth-order valence-electron chi connectivity index (χ4n) is 4.49. The number of imidazole rings is 1. The molecule has 2 heterocycles. The number of amides is 2. The van der Waals surface area contributed by atoms with Crippen molar-refractivity contribution in [2.45, 2.75) is 70.5 Å². The molecule has 6 nitrogen and oxygen atoms in total. The van der Waals surface area contributed by atoms with E-state index in [1.54, 1.807) is 11.9 Å². The van der Waals surface area contributed by atoms with Gasteiger partial charge < -0.3 is 14.8 Å². The first-order valence-electron chi connectivity index (χ1n) is 10.8. The van der Waals surface area contributed by atoms with Crippen molar-refractivity contribution in [2.24, 2.45) is 0 Å². The summed E-state index contributed by atoms with van der Waals surface area (Å²) >= 11 is 0. The number of rotatable bonds is 5. The van der Waals surface area contributed by atoms with E-state index in [0.29, 0.717) is 18.1 Å². The van der Waals surface area contributed by atoms with Crippen LogP contribution in [0.5, 0.6) is 0 Å². The second kappa shape index (κ2) is 8.80. The highest BCUT2D eigenvalue weighted by atomic mass is 16.2. The normalized spacial score (nSPS) is 16.9. The number of benzene rings is 1. The smallest absolute Gasteiger partial charge is 0.289 e. The predicted octanol–water partition coefficient (Wildman–Crippen LogP) is 3.55. The van der Waals surface area contributed by atoms with Gasteiger partial charge in [-0.05, 0) is 37.7 Å². The van der Waals surface area contributed by atoms with E-state index in [2.05, 4.69) is 10.3 Å². The maximum Gasteiger partial charge on any atom is 0.289 e. The van der Waals surface area contributed by atoms with Crippen LogP contribution in [0.15, 0.2) is 30.3 Å². The molecule has 0 radical (unpaired) electrons. The highest BCUT2D eigenvalue weighted by Crippen LogP contribution is 2.23. The predicted molar refractivity (Wildman–Crippen MR) is 112 cm³/mol. The number of aromatic nitrogens is 2. The van der Waals surface area contributed by atoms with Gasteiger partial charge in [-0.1, -0.05) is 49.6 Å². The number of hydrogen-bond donors (Lipinski definition) is 1. The van der Waals surface area contributed by atoms with Gasteiger partial charge in [-0.3, -0.25) is 9.59 Å². The second-order valence-electron chi connectivity index (χ2n) is 8.29. The molecule has 1 aliphatic carbocycles. The fraction of sp³-hybridized carbons (Fsp3) is 0.522. The van der Waals surface area contributed by atoms with Crippen LogP contribution in [-0.2, 0) is 19.5 Å². The van der Waals surface area contributed by atoms with Crippen molar-refractivity contribution in [3.63, 3.8) is 0 Å². The lowest BCUT2D eigenvalue weighted by Crippen LogP contribution is -2.37. The quantitative estimate of drug-likeness (QED) is 0.843. The van der Waals surface area contributed by atoms with E-state index in [1.807, 2.05) is 34.9 Å². The molecule has 2 aromatic rings. The van der Waals surface area contributed by atoms with E-state index in [-0.39, 0.29) is 17.9 Å². The van der Waals surface area contributed by atoms with E-state index in [4.69, 9.17) is 0 Å². The summed E-state index contributed by atoms with van der Waals surface area (Å²) in [4.78, 5) is 32.4. The van der Waals surface area contributed by atoms with E-state index in [1.165, 1.54) is 19.3 Å². The third kappa shape index (κ3) is 4.36. The Kier molecular flexibility index (Phi) is 5.97. The molecule has 4 rings (SSSR count). The van der Waals surface area contributed by atoms with Crippen LogP contribution in [0.1, 0.15) is 77.3 Å². The molecule has 2 aliphatic rings. The summed E-state index contributed by atoms with van der Waals surface area (Å²) in [6.07, 6.45) is 8.49. The molecule has 0 bridgehead atoms. The lowest BCUT2D eigenvalue weighted by molar-refractivity contribution is 0.0766. The Balaban J connectivity index is 1.55. The molecule has 0 spiro atoms. The Hall–Kier alpha value is -2.63. The molecule has 1 aromatic carbocycles. The Morgan fingerprint density at radius 1 is 1.10 bits per heavy atom. The Labute approximate surface area is 172 Å². The zero-order valence-electron chi connectivity index (χ0n) is 17.2. The van der Waals surface area contributed by atoms with E-state index >= 15 is 0 Å². The monoisotopic (exact) mass is 394 g/mol. The summed E-state index contributed by atoms with van der Waals surface area (Å²) in [5.41, 5.74) is 2.44. The zero-order chi connectivity index (χ0) is 20.2. The van der Waals surface area contributed by atoms with Crippen molar-refractivity contribution >= 4 is 11.8 Å². The largest absolute Gasteiger partial charge is 0.348 e. The minimum absolute atomic E-state index is 0.118. The second-order valence-corrected chi connectivity index (χ2v) is 8.29. The van der Waals surface area contributed by atoms with Gasteiger partial charge in [-0.25, -0.2) is 4.98 Å². The Morgan fingerprint density at radius 2 is 1.86 bits per heavy atom. The minimum atomic E-state index is -0.131. The molecular weight excluding hydrogens is 364 g/mol. The number of fused-ring (bicyclic) bond motifs is 1. The van der Waals surface area contributed by atoms with Crippen molar-refractivity contribution < 1.29 is 9.59 Å². The summed E-state index contributed by atoms with van der Waals surface area (Å²) in [6, 6.07) is 10.2. The molecule has 154 valence electrons. The zero-order valence-corrected chi connectivity index (χ0v) is 17.2. The van der Waals surface area contributed by atoms with Crippen LogP contribution in [0.4, 0.5) is 0 Å². The third-order valence-electron chi connectivity index (χ3n) is 6.07. The lowest BCUT2D eigenvalue weighted by Gasteiger charge is -2.23. The van der Waals surface area contributed by atoms with Gasteiger partial charge in [0.1, 0.15) is 5.69 Å². The minimum Gasteiger partial charge on any atom is -0.348 e. The molecule has 1 fully saturated rings. The molecule has 1 N–H and O–H groups in total. The van der Waals surface area contributed by atoms with Crippen LogP contribution in [0.2, 0.25) is 0 Å². The SMILES string of the molecule is CN(Cc1ccccc1)C(=O)c1nc(C(=O)NC2CCCCC2)c2n1CCCC2. The summed E-state index contributed by atoms with van der Waals surface area (Å²) in [6.45, 7) is 1.27. The van der Waals surface area contributed by atoms with Crippen molar-refractivity contribution in [1.82, 2.24) is 19.8 Å². The van der Waals surface area contributed by atoms with E-state index in [9.17, 15) is 9.59 Å². The van der Waals surface area contributed by atoms with Crippen LogP contribution >= 0.6 is 0 Å². The van der Waals surface area contributed by atoms with Crippen LogP contribution < -0.4 is 5.32 Å². The molecule has 1 aromatic heterocycles. The third-order valence-corrected chi connectivity index (χ3v) is 6.07. The standard InChI is InChI=1S/C23H30N4O2/c1-26(16-17-10-4-2-5-11-17)23(29)21-25-20(19-14-8-9-15-27(19)21)22(28)24-18-12-6-3-7-13-18/h2,4-5,10-11,18H,3,6-9,12-16H2,1H3,(H,24,28). The summed E-state index contributed by atoms with van der Waals surface area (Å²) < 4.78 is 1.98. The van der Waals surface area contributed by atoms with Gasteiger partial charge in [0.05, 0.1) is 5.69 Å². The molecule has 0 unspecified atom stereocenters. The van der Waals surface area contributed by atoms with Crippen molar-refractivity contribution in [1.29, 1.82) is 0 Å². The molecule has 0 saturated heterocycles. The first-order valence-corrected chi connectivity index (χ1v) is 10.8. The van der Waals surface area contributed by atoms with Crippen molar-refractivity contribution in [3.8, 4) is 0 Å². The molecule has 6 heteroatoms. The van der Waals surface area contributed by atoms with Gasteiger partial charge in [0, 0.05) is 26.2 Å².